The number of benzene rings is 3. The van der Waals surface area contributed by atoms with Crippen LogP contribution in [0.15, 0.2) is 60.7 Å². The predicted octanol–water partition coefficient (Wildman–Crippen LogP) is 5.73. The molecule has 0 aliphatic carbocycles. The molecule has 2 heteroatoms. The van der Waals surface area contributed by atoms with E-state index in [0.29, 0.717) is 0 Å². The highest BCUT2D eigenvalue weighted by molar-refractivity contribution is 5.92. The van der Waals surface area contributed by atoms with Gasteiger partial charge in [-0.3, -0.25) is 0 Å². The van der Waals surface area contributed by atoms with Crippen LogP contribution < -0.4 is 9.64 Å². The van der Waals surface area contributed by atoms with Crippen molar-refractivity contribution >= 4 is 17.1 Å². The summed E-state index contributed by atoms with van der Waals surface area (Å²) in [7, 11) is 0. The maximum absolute atomic E-state index is 6.24. The van der Waals surface area contributed by atoms with Crippen molar-refractivity contribution in [2.45, 2.75) is 19.8 Å². The SMILES string of the molecule is CCc1cccc2c1N1c3ccccc3Cc3cccc(c31)O2. The molecule has 0 N–H and O–H groups in total. The van der Waals surface area contributed by atoms with E-state index in [1.165, 1.54) is 33.8 Å². The largest absolute Gasteiger partial charge is 0.453 e. The summed E-state index contributed by atoms with van der Waals surface area (Å²) in [4.78, 5) is 2.40. The summed E-state index contributed by atoms with van der Waals surface area (Å²) in [6.07, 6.45) is 1.95. The Morgan fingerprint density at radius 1 is 0.826 bits per heavy atom. The van der Waals surface area contributed by atoms with Crippen molar-refractivity contribution in [3.8, 4) is 11.5 Å². The van der Waals surface area contributed by atoms with Gasteiger partial charge in [0.2, 0.25) is 0 Å². The third kappa shape index (κ3) is 1.69. The molecular weight excluding hydrogens is 282 g/mol. The molecule has 0 saturated heterocycles. The molecule has 0 aromatic heterocycles. The number of hydrogen-bond donors (Lipinski definition) is 0. The summed E-state index contributed by atoms with van der Waals surface area (Å²) < 4.78 is 6.24. The van der Waals surface area contributed by atoms with E-state index in [2.05, 4.69) is 72.5 Å². The molecule has 0 atom stereocenters. The summed E-state index contributed by atoms with van der Waals surface area (Å²) in [6.45, 7) is 2.20. The third-order valence-corrected chi connectivity index (χ3v) is 4.83. The van der Waals surface area contributed by atoms with Crippen molar-refractivity contribution < 1.29 is 4.74 Å². The zero-order chi connectivity index (χ0) is 15.4. The first-order chi connectivity index (χ1) is 11.4. The molecule has 2 nitrogen and oxygen atoms in total. The molecule has 5 rings (SSSR count). The number of hydrogen-bond acceptors (Lipinski definition) is 2. The van der Waals surface area contributed by atoms with E-state index in [4.69, 9.17) is 4.74 Å². The smallest absolute Gasteiger partial charge is 0.151 e. The molecule has 0 spiro atoms. The second-order valence-corrected chi connectivity index (χ2v) is 6.12. The molecule has 3 aromatic rings. The minimum Gasteiger partial charge on any atom is -0.453 e. The van der Waals surface area contributed by atoms with Crippen LogP contribution in [-0.2, 0) is 12.8 Å². The Kier molecular flexibility index (Phi) is 2.57. The van der Waals surface area contributed by atoms with Crippen LogP contribution in [0.3, 0.4) is 0 Å². The average Bonchev–Trinajstić information content (AvgIpc) is 2.61. The minimum absolute atomic E-state index is 0.950. The number of ether oxygens (including phenoxy) is 1. The lowest BCUT2D eigenvalue weighted by Crippen LogP contribution is -2.23. The zero-order valence-electron chi connectivity index (χ0n) is 13.0. The van der Waals surface area contributed by atoms with Gasteiger partial charge in [0.25, 0.3) is 0 Å². The van der Waals surface area contributed by atoms with Gasteiger partial charge in [-0.1, -0.05) is 49.4 Å². The fraction of sp³-hybridized carbons (Fsp3) is 0.143. The maximum atomic E-state index is 6.24. The summed E-state index contributed by atoms with van der Waals surface area (Å²) in [5.74, 6) is 1.91. The summed E-state index contributed by atoms with van der Waals surface area (Å²) in [5, 5.41) is 0. The zero-order valence-corrected chi connectivity index (χ0v) is 13.0. The Morgan fingerprint density at radius 3 is 2.43 bits per heavy atom. The fourth-order valence-corrected chi connectivity index (χ4v) is 3.79. The molecule has 0 unspecified atom stereocenters. The normalized spacial score (nSPS) is 13.7. The van der Waals surface area contributed by atoms with E-state index in [0.717, 1.165) is 24.3 Å². The number of para-hydroxylation sites is 3. The lowest BCUT2D eigenvalue weighted by atomic mass is 9.92. The molecule has 0 fully saturated rings. The second-order valence-electron chi connectivity index (χ2n) is 6.12. The van der Waals surface area contributed by atoms with E-state index in [1.807, 2.05) is 0 Å². The number of aryl methyl sites for hydroxylation is 1. The van der Waals surface area contributed by atoms with Crippen LogP contribution in [0.4, 0.5) is 17.1 Å². The first-order valence-corrected chi connectivity index (χ1v) is 8.16. The molecule has 0 saturated carbocycles. The van der Waals surface area contributed by atoms with Crippen molar-refractivity contribution in [1.29, 1.82) is 0 Å². The maximum Gasteiger partial charge on any atom is 0.151 e. The van der Waals surface area contributed by atoms with Crippen molar-refractivity contribution in [3.05, 3.63) is 77.4 Å². The Labute approximate surface area is 136 Å². The van der Waals surface area contributed by atoms with Gasteiger partial charge in [0.1, 0.15) is 0 Å². The molecule has 0 radical (unpaired) electrons. The van der Waals surface area contributed by atoms with Crippen molar-refractivity contribution in [2.75, 3.05) is 4.90 Å². The Balaban J connectivity index is 1.88. The number of nitrogens with zero attached hydrogens (tertiary/aromatic N) is 1. The molecule has 3 aromatic carbocycles. The number of fused-ring (bicyclic) bond motifs is 4. The molecule has 0 amide bonds. The van der Waals surface area contributed by atoms with E-state index < -0.39 is 0 Å². The van der Waals surface area contributed by atoms with Crippen LogP contribution in [0.25, 0.3) is 0 Å². The Bertz CT molecular complexity index is 915. The molecule has 112 valence electrons. The summed E-state index contributed by atoms with van der Waals surface area (Å²) >= 11 is 0. The van der Waals surface area contributed by atoms with Crippen LogP contribution >= 0.6 is 0 Å². The Morgan fingerprint density at radius 2 is 1.57 bits per heavy atom. The van der Waals surface area contributed by atoms with E-state index in [1.54, 1.807) is 0 Å². The van der Waals surface area contributed by atoms with E-state index >= 15 is 0 Å². The highest BCUT2D eigenvalue weighted by Gasteiger charge is 2.33. The van der Waals surface area contributed by atoms with Crippen LogP contribution in [0, 0.1) is 0 Å². The predicted molar refractivity (Wildman–Crippen MR) is 93.4 cm³/mol. The highest BCUT2D eigenvalue weighted by atomic mass is 16.5. The van der Waals surface area contributed by atoms with E-state index in [9.17, 15) is 0 Å². The summed E-state index contributed by atoms with van der Waals surface area (Å²) in [5.41, 5.74) is 7.70. The van der Waals surface area contributed by atoms with Gasteiger partial charge in [-0.15, -0.1) is 0 Å². The second kappa shape index (κ2) is 4.63. The van der Waals surface area contributed by atoms with Crippen LogP contribution in [0.2, 0.25) is 0 Å². The van der Waals surface area contributed by atoms with Crippen molar-refractivity contribution in [3.63, 3.8) is 0 Å². The lowest BCUT2D eigenvalue weighted by Gasteiger charge is -2.39. The molecule has 23 heavy (non-hydrogen) atoms. The van der Waals surface area contributed by atoms with Gasteiger partial charge in [0.05, 0.1) is 11.4 Å². The van der Waals surface area contributed by atoms with Crippen LogP contribution in [-0.4, -0.2) is 0 Å². The minimum atomic E-state index is 0.950. The van der Waals surface area contributed by atoms with Gasteiger partial charge in [-0.2, -0.15) is 0 Å². The first-order valence-electron chi connectivity index (χ1n) is 8.16. The van der Waals surface area contributed by atoms with Gasteiger partial charge in [-0.05, 0) is 41.3 Å². The molecule has 2 aliphatic heterocycles. The highest BCUT2D eigenvalue weighted by Crippen LogP contribution is 2.56. The number of rotatable bonds is 1. The third-order valence-electron chi connectivity index (χ3n) is 4.83. The standard InChI is InChI=1S/C21H17NO/c1-2-14-8-5-11-18-20(14)22-17-10-4-3-7-15(17)13-16-9-6-12-19(23-18)21(16)22/h3-12H,2,13H2,1H3. The summed E-state index contributed by atoms with van der Waals surface area (Å²) in [6, 6.07) is 21.4. The van der Waals surface area contributed by atoms with Gasteiger partial charge in [0, 0.05) is 12.1 Å². The van der Waals surface area contributed by atoms with Gasteiger partial charge in [-0.25, -0.2) is 0 Å². The van der Waals surface area contributed by atoms with Gasteiger partial charge < -0.3 is 9.64 Å². The average molecular weight is 299 g/mol. The quantitative estimate of drug-likeness (QED) is 0.392. The van der Waals surface area contributed by atoms with Crippen molar-refractivity contribution in [1.82, 2.24) is 0 Å². The van der Waals surface area contributed by atoms with Gasteiger partial charge >= 0.3 is 0 Å². The fourth-order valence-electron chi connectivity index (χ4n) is 3.79. The number of anilines is 3. The Hall–Kier alpha value is -2.74. The van der Waals surface area contributed by atoms with Gasteiger partial charge in [0.15, 0.2) is 11.5 Å². The lowest BCUT2D eigenvalue weighted by molar-refractivity contribution is 0.475. The molecule has 0 bridgehead atoms. The first kappa shape index (κ1) is 12.8. The van der Waals surface area contributed by atoms with Crippen LogP contribution in [0.5, 0.6) is 11.5 Å². The monoisotopic (exact) mass is 299 g/mol. The van der Waals surface area contributed by atoms with Crippen LogP contribution in [0.1, 0.15) is 23.6 Å². The molecule has 2 heterocycles. The van der Waals surface area contributed by atoms with Crippen molar-refractivity contribution in [2.24, 2.45) is 0 Å². The topological polar surface area (TPSA) is 12.5 Å². The molecular formula is C21H17NO. The molecule has 2 aliphatic rings. The van der Waals surface area contributed by atoms with E-state index in [-0.39, 0.29) is 0 Å².